The Bertz CT molecular complexity index is 939. The van der Waals surface area contributed by atoms with Crippen LogP contribution in [-0.4, -0.2) is 73.3 Å². The maximum absolute atomic E-state index is 12.6. The summed E-state index contributed by atoms with van der Waals surface area (Å²) in [5, 5.41) is 12.2. The van der Waals surface area contributed by atoms with Gasteiger partial charge in [0.15, 0.2) is 11.5 Å². The number of benzene rings is 2. The molecule has 2 aromatic carbocycles. The number of ether oxygens (including phenoxy) is 3. The van der Waals surface area contributed by atoms with Gasteiger partial charge in [-0.2, -0.15) is 0 Å². The first kappa shape index (κ1) is 19.8. The lowest BCUT2D eigenvalue weighted by Gasteiger charge is -2.34. The predicted molar refractivity (Wildman–Crippen MR) is 108 cm³/mol. The van der Waals surface area contributed by atoms with Crippen LogP contribution in [0.5, 0.6) is 23.0 Å². The van der Waals surface area contributed by atoms with E-state index in [1.54, 1.807) is 29.2 Å². The molecule has 158 valence electrons. The number of hydrogen-bond acceptors (Lipinski definition) is 7. The number of anilines is 1. The zero-order valence-corrected chi connectivity index (χ0v) is 16.6. The van der Waals surface area contributed by atoms with Gasteiger partial charge in [-0.3, -0.25) is 14.5 Å². The van der Waals surface area contributed by atoms with Crippen LogP contribution in [0.4, 0.5) is 5.69 Å². The Morgan fingerprint density at radius 1 is 1.07 bits per heavy atom. The van der Waals surface area contributed by atoms with Gasteiger partial charge in [-0.05, 0) is 24.3 Å². The fourth-order valence-corrected chi connectivity index (χ4v) is 3.48. The molecule has 30 heavy (non-hydrogen) atoms. The van der Waals surface area contributed by atoms with Crippen LogP contribution < -0.4 is 19.5 Å². The molecule has 1 saturated heterocycles. The van der Waals surface area contributed by atoms with Crippen molar-refractivity contribution in [2.75, 3.05) is 51.9 Å². The molecular formula is C21H23N3O6. The second kappa shape index (κ2) is 8.50. The minimum absolute atomic E-state index is 0.0794. The van der Waals surface area contributed by atoms with E-state index in [0.717, 1.165) is 0 Å². The van der Waals surface area contributed by atoms with Gasteiger partial charge < -0.3 is 29.5 Å². The molecule has 0 spiro atoms. The second-order valence-electron chi connectivity index (χ2n) is 7.07. The first-order valence-electron chi connectivity index (χ1n) is 9.61. The monoisotopic (exact) mass is 413 g/mol. The fraction of sp³-hybridized carbons (Fsp3) is 0.333. The number of phenolic OH excluding ortho intramolecular Hbond substituents is 1. The molecule has 2 N–H and O–H groups in total. The number of nitrogens with zero attached hydrogens (tertiary/aromatic N) is 2. The van der Waals surface area contributed by atoms with Crippen LogP contribution >= 0.6 is 0 Å². The maximum Gasteiger partial charge on any atom is 0.253 e. The van der Waals surface area contributed by atoms with E-state index in [0.29, 0.717) is 54.7 Å². The lowest BCUT2D eigenvalue weighted by Crippen LogP contribution is -2.50. The zero-order valence-electron chi connectivity index (χ0n) is 16.6. The summed E-state index contributed by atoms with van der Waals surface area (Å²) < 4.78 is 16.0. The average Bonchev–Trinajstić information content (AvgIpc) is 3.21. The van der Waals surface area contributed by atoms with Crippen LogP contribution in [0.3, 0.4) is 0 Å². The molecule has 2 amide bonds. The third kappa shape index (κ3) is 4.25. The van der Waals surface area contributed by atoms with Gasteiger partial charge in [-0.25, -0.2) is 0 Å². The first-order valence-corrected chi connectivity index (χ1v) is 9.61. The highest BCUT2D eigenvalue weighted by atomic mass is 16.7. The Morgan fingerprint density at radius 2 is 1.73 bits per heavy atom. The van der Waals surface area contributed by atoms with Gasteiger partial charge in [0, 0.05) is 43.9 Å². The van der Waals surface area contributed by atoms with E-state index in [4.69, 9.17) is 14.2 Å². The van der Waals surface area contributed by atoms with Crippen molar-refractivity contribution in [1.29, 1.82) is 0 Å². The molecule has 2 aromatic rings. The standard InChI is InChI=1S/C21H23N3O6/c1-28-17-11-19-18(29-13-30-19)10-16(17)22-20(26)12-23-6-8-24(9-7-23)21(27)14-2-4-15(25)5-3-14/h2-5,10-11,25H,6-9,12-13H2,1H3,(H,22,26). The molecule has 0 radical (unpaired) electrons. The number of amides is 2. The molecule has 2 aliphatic rings. The molecule has 9 nitrogen and oxygen atoms in total. The third-order valence-corrected chi connectivity index (χ3v) is 5.11. The van der Waals surface area contributed by atoms with E-state index in [1.165, 1.54) is 19.2 Å². The first-order chi connectivity index (χ1) is 14.5. The van der Waals surface area contributed by atoms with Gasteiger partial charge in [0.25, 0.3) is 5.91 Å². The van der Waals surface area contributed by atoms with Gasteiger partial charge in [-0.15, -0.1) is 0 Å². The number of phenols is 1. The highest BCUT2D eigenvalue weighted by molar-refractivity contribution is 5.95. The summed E-state index contributed by atoms with van der Waals surface area (Å²) in [5.74, 6) is 1.51. The van der Waals surface area contributed by atoms with Gasteiger partial charge in [0.05, 0.1) is 19.3 Å². The SMILES string of the molecule is COc1cc2c(cc1NC(=O)CN1CCN(C(=O)c3ccc(O)cc3)CC1)OCO2. The number of hydrogen-bond donors (Lipinski definition) is 2. The van der Waals surface area contributed by atoms with Crippen LogP contribution in [0.1, 0.15) is 10.4 Å². The van der Waals surface area contributed by atoms with Crippen molar-refractivity contribution in [3.8, 4) is 23.0 Å². The van der Waals surface area contributed by atoms with Crippen molar-refractivity contribution in [2.24, 2.45) is 0 Å². The van der Waals surface area contributed by atoms with E-state index in [2.05, 4.69) is 5.32 Å². The molecule has 0 bridgehead atoms. The van der Waals surface area contributed by atoms with Crippen LogP contribution in [0.2, 0.25) is 0 Å². The summed E-state index contributed by atoms with van der Waals surface area (Å²) in [4.78, 5) is 28.8. The molecule has 2 aliphatic heterocycles. The number of aromatic hydroxyl groups is 1. The third-order valence-electron chi connectivity index (χ3n) is 5.11. The summed E-state index contributed by atoms with van der Waals surface area (Å²) in [6, 6.07) is 9.59. The minimum atomic E-state index is -0.175. The quantitative estimate of drug-likeness (QED) is 0.767. The number of methoxy groups -OCH3 is 1. The Balaban J connectivity index is 1.30. The van der Waals surface area contributed by atoms with E-state index in [1.807, 2.05) is 4.90 Å². The molecule has 9 heteroatoms. The van der Waals surface area contributed by atoms with Crippen molar-refractivity contribution in [3.63, 3.8) is 0 Å². The Hall–Kier alpha value is -3.46. The fourth-order valence-electron chi connectivity index (χ4n) is 3.48. The van der Waals surface area contributed by atoms with Crippen molar-refractivity contribution in [1.82, 2.24) is 9.80 Å². The van der Waals surface area contributed by atoms with E-state index < -0.39 is 0 Å². The molecule has 1 fully saturated rings. The Labute approximate surface area is 173 Å². The molecule has 0 saturated carbocycles. The van der Waals surface area contributed by atoms with E-state index >= 15 is 0 Å². The molecule has 4 rings (SSSR count). The van der Waals surface area contributed by atoms with Crippen molar-refractivity contribution >= 4 is 17.5 Å². The second-order valence-corrected chi connectivity index (χ2v) is 7.07. The van der Waals surface area contributed by atoms with Crippen molar-refractivity contribution in [2.45, 2.75) is 0 Å². The molecule has 2 heterocycles. The van der Waals surface area contributed by atoms with E-state index in [-0.39, 0.29) is 30.9 Å². The van der Waals surface area contributed by atoms with E-state index in [9.17, 15) is 14.7 Å². The largest absolute Gasteiger partial charge is 0.508 e. The smallest absolute Gasteiger partial charge is 0.253 e. The van der Waals surface area contributed by atoms with Crippen molar-refractivity contribution < 1.29 is 28.9 Å². The number of rotatable bonds is 5. The zero-order chi connectivity index (χ0) is 21.1. The summed E-state index contributed by atoms with van der Waals surface area (Å²) in [5.41, 5.74) is 1.06. The molecular weight excluding hydrogens is 390 g/mol. The van der Waals surface area contributed by atoms with Crippen LogP contribution in [0.15, 0.2) is 36.4 Å². The molecule has 0 aliphatic carbocycles. The van der Waals surface area contributed by atoms with Gasteiger partial charge in [0.2, 0.25) is 12.7 Å². The lowest BCUT2D eigenvalue weighted by molar-refractivity contribution is -0.117. The number of piperazine rings is 1. The summed E-state index contributed by atoms with van der Waals surface area (Å²) >= 11 is 0. The number of nitrogens with one attached hydrogen (secondary N) is 1. The van der Waals surface area contributed by atoms with Gasteiger partial charge in [-0.1, -0.05) is 0 Å². The number of carbonyl (C=O) groups excluding carboxylic acids is 2. The molecule has 0 unspecified atom stereocenters. The van der Waals surface area contributed by atoms with Crippen LogP contribution in [0.25, 0.3) is 0 Å². The topological polar surface area (TPSA) is 101 Å². The highest BCUT2D eigenvalue weighted by Gasteiger charge is 2.24. The summed E-state index contributed by atoms with van der Waals surface area (Å²) in [6.45, 7) is 2.59. The average molecular weight is 413 g/mol. The molecule has 0 atom stereocenters. The highest BCUT2D eigenvalue weighted by Crippen LogP contribution is 2.40. The summed E-state index contributed by atoms with van der Waals surface area (Å²) in [7, 11) is 1.53. The number of fused-ring (bicyclic) bond motifs is 1. The number of carbonyl (C=O) groups is 2. The predicted octanol–water partition coefficient (Wildman–Crippen LogP) is 1.53. The van der Waals surface area contributed by atoms with Crippen LogP contribution in [0, 0.1) is 0 Å². The van der Waals surface area contributed by atoms with Gasteiger partial charge >= 0.3 is 0 Å². The molecule has 0 aromatic heterocycles. The van der Waals surface area contributed by atoms with Crippen LogP contribution in [-0.2, 0) is 4.79 Å². The Morgan fingerprint density at radius 3 is 2.40 bits per heavy atom. The Kier molecular flexibility index (Phi) is 5.62. The minimum Gasteiger partial charge on any atom is -0.508 e. The van der Waals surface area contributed by atoms with Gasteiger partial charge in [0.1, 0.15) is 11.5 Å². The summed E-state index contributed by atoms with van der Waals surface area (Å²) in [6.07, 6.45) is 0. The van der Waals surface area contributed by atoms with Crippen molar-refractivity contribution in [3.05, 3.63) is 42.0 Å². The normalized spacial score (nSPS) is 15.7. The maximum atomic E-state index is 12.6. The lowest BCUT2D eigenvalue weighted by atomic mass is 10.1.